The molecule has 2 aliphatic rings. The fourth-order valence-corrected chi connectivity index (χ4v) is 5.64. The van der Waals surface area contributed by atoms with Gasteiger partial charge in [0.2, 0.25) is 10.0 Å². The minimum absolute atomic E-state index is 0.0578. The molecule has 0 aromatic carbocycles. The van der Waals surface area contributed by atoms with Crippen molar-refractivity contribution in [2.75, 3.05) is 31.9 Å². The van der Waals surface area contributed by atoms with E-state index >= 15 is 0 Å². The fraction of sp³-hybridized carbons (Fsp3) is 0.727. The van der Waals surface area contributed by atoms with Gasteiger partial charge in [0.25, 0.3) is 5.91 Å². The average Bonchev–Trinajstić information content (AvgIpc) is 3.21. The van der Waals surface area contributed by atoms with Gasteiger partial charge in [0, 0.05) is 25.7 Å². The van der Waals surface area contributed by atoms with Crippen molar-refractivity contribution in [2.45, 2.75) is 65.0 Å². The van der Waals surface area contributed by atoms with Crippen LogP contribution in [0.4, 0.5) is 0 Å². The lowest BCUT2D eigenvalue weighted by atomic mass is 9.94. The Kier molecular flexibility index (Phi) is 9.63. The van der Waals surface area contributed by atoms with Crippen molar-refractivity contribution >= 4 is 27.8 Å². The maximum atomic E-state index is 13.1. The summed E-state index contributed by atoms with van der Waals surface area (Å²) in [5, 5.41) is 7.55. The number of hydrogen-bond donors (Lipinski definition) is 3. The Morgan fingerprint density at radius 1 is 1.29 bits per heavy atom. The smallest absolute Gasteiger partial charge is 0.339 e. The van der Waals surface area contributed by atoms with E-state index in [9.17, 15) is 22.8 Å². The number of hydrogen-bond acceptors (Lipinski definition) is 8. The van der Waals surface area contributed by atoms with Gasteiger partial charge in [0.05, 0.1) is 5.75 Å². The molecule has 3 rings (SSSR count). The molecule has 1 saturated heterocycles. The summed E-state index contributed by atoms with van der Waals surface area (Å²) in [5.74, 6) is -1.42. The first-order valence-electron chi connectivity index (χ1n) is 12.3. The Hall–Kier alpha value is -2.51. The molecule has 1 atom stereocenters. The van der Waals surface area contributed by atoms with E-state index in [1.807, 2.05) is 17.3 Å². The largest absolute Gasteiger partial charge is 0.349 e. The van der Waals surface area contributed by atoms with Crippen LogP contribution in [-0.4, -0.2) is 78.9 Å². The zero-order chi connectivity index (χ0) is 25.4. The molecule has 0 radical (unpaired) electrons. The van der Waals surface area contributed by atoms with Crippen LogP contribution >= 0.6 is 0 Å². The molecule has 1 aromatic heterocycles. The Morgan fingerprint density at radius 2 is 2.03 bits per heavy atom. The summed E-state index contributed by atoms with van der Waals surface area (Å²) >= 11 is 0. The van der Waals surface area contributed by atoms with E-state index < -0.39 is 27.9 Å². The lowest BCUT2D eigenvalue weighted by molar-refractivity contribution is -0.150. The van der Waals surface area contributed by atoms with Gasteiger partial charge in [0.1, 0.15) is 11.7 Å². The quantitative estimate of drug-likeness (QED) is 0.381. The van der Waals surface area contributed by atoms with Crippen LogP contribution in [0.5, 0.6) is 0 Å². The molecule has 12 nitrogen and oxygen atoms in total. The summed E-state index contributed by atoms with van der Waals surface area (Å²) in [6.07, 6.45) is 5.06. The second kappa shape index (κ2) is 12.5. The van der Waals surface area contributed by atoms with E-state index in [2.05, 4.69) is 15.1 Å². The normalized spacial score (nSPS) is 18.0. The van der Waals surface area contributed by atoms with Crippen LogP contribution in [-0.2, 0) is 26.2 Å². The lowest BCUT2D eigenvalue weighted by Gasteiger charge is -2.26. The van der Waals surface area contributed by atoms with Crippen molar-refractivity contribution in [3.8, 4) is 0 Å². The van der Waals surface area contributed by atoms with Gasteiger partial charge in [-0.3, -0.25) is 14.3 Å². The molecule has 2 amide bonds. The fourth-order valence-electron chi connectivity index (χ4n) is 4.22. The second-order valence-corrected chi connectivity index (χ2v) is 11.0. The van der Waals surface area contributed by atoms with Crippen LogP contribution in [0, 0.1) is 5.92 Å². The molecule has 1 aromatic rings. The van der Waals surface area contributed by atoms with E-state index in [1.54, 1.807) is 0 Å². The zero-order valence-electron chi connectivity index (χ0n) is 20.4. The van der Waals surface area contributed by atoms with Crippen molar-refractivity contribution in [1.82, 2.24) is 30.2 Å². The summed E-state index contributed by atoms with van der Waals surface area (Å²) in [6.45, 7) is 7.01. The molecule has 0 aliphatic carbocycles. The average molecular weight is 513 g/mol. The topological polar surface area (TPSA) is 152 Å². The van der Waals surface area contributed by atoms with E-state index in [0.717, 1.165) is 38.8 Å². The van der Waals surface area contributed by atoms with Crippen molar-refractivity contribution in [2.24, 2.45) is 5.92 Å². The summed E-state index contributed by atoms with van der Waals surface area (Å²) in [4.78, 5) is 44.3. The minimum atomic E-state index is -3.63. The number of rotatable bonds is 10. The Morgan fingerprint density at radius 3 is 2.74 bits per heavy atom. The SMILES string of the molecule is CCCCS(=O)(=O)NC(C)C(=O)ONC(=O)c1cc2n(n1)CCCN(CCC1CCNCC1)C2=O. The predicted molar refractivity (Wildman–Crippen MR) is 128 cm³/mol. The Labute approximate surface area is 206 Å². The summed E-state index contributed by atoms with van der Waals surface area (Å²) in [5.41, 5.74) is 2.26. The highest BCUT2D eigenvalue weighted by atomic mass is 32.2. The van der Waals surface area contributed by atoms with Gasteiger partial charge in [-0.1, -0.05) is 13.3 Å². The molecule has 1 unspecified atom stereocenters. The van der Waals surface area contributed by atoms with Crippen molar-refractivity contribution in [3.63, 3.8) is 0 Å². The van der Waals surface area contributed by atoms with Crippen molar-refractivity contribution < 1.29 is 27.6 Å². The number of nitrogens with zero attached hydrogens (tertiary/aromatic N) is 3. The molecule has 196 valence electrons. The predicted octanol–water partition coefficient (Wildman–Crippen LogP) is 0.415. The number of fused-ring (bicyclic) bond motifs is 1. The van der Waals surface area contributed by atoms with E-state index in [-0.39, 0.29) is 17.4 Å². The highest BCUT2D eigenvalue weighted by Gasteiger charge is 2.28. The van der Waals surface area contributed by atoms with E-state index in [4.69, 9.17) is 4.84 Å². The maximum absolute atomic E-state index is 13.1. The van der Waals surface area contributed by atoms with Crippen molar-refractivity contribution in [3.05, 3.63) is 17.5 Å². The van der Waals surface area contributed by atoms with Crippen LogP contribution < -0.4 is 15.5 Å². The van der Waals surface area contributed by atoms with Crippen molar-refractivity contribution in [1.29, 1.82) is 0 Å². The third-order valence-electron chi connectivity index (χ3n) is 6.30. The van der Waals surface area contributed by atoms with E-state index in [1.165, 1.54) is 17.7 Å². The van der Waals surface area contributed by atoms with Crippen LogP contribution in [0.15, 0.2) is 6.07 Å². The molecule has 3 heterocycles. The van der Waals surface area contributed by atoms with Crippen LogP contribution in [0.3, 0.4) is 0 Å². The Bertz CT molecular complexity index is 1000. The van der Waals surface area contributed by atoms with Crippen LogP contribution in [0.2, 0.25) is 0 Å². The summed E-state index contributed by atoms with van der Waals surface area (Å²) in [6, 6.07) is 0.219. The highest BCUT2D eigenvalue weighted by Crippen LogP contribution is 2.19. The first-order valence-corrected chi connectivity index (χ1v) is 13.9. The number of hydroxylamine groups is 1. The summed E-state index contributed by atoms with van der Waals surface area (Å²) < 4.78 is 27.6. The number of aromatic nitrogens is 2. The highest BCUT2D eigenvalue weighted by molar-refractivity contribution is 7.89. The molecular weight excluding hydrogens is 476 g/mol. The lowest BCUT2D eigenvalue weighted by Crippen LogP contribution is -2.43. The van der Waals surface area contributed by atoms with Gasteiger partial charge < -0.3 is 15.1 Å². The number of carbonyl (C=O) groups is 3. The first-order chi connectivity index (χ1) is 16.7. The molecule has 0 bridgehead atoms. The first kappa shape index (κ1) is 27.1. The van der Waals surface area contributed by atoms with Crippen LogP contribution in [0.1, 0.15) is 73.3 Å². The van der Waals surface area contributed by atoms with Crippen LogP contribution in [0.25, 0.3) is 0 Å². The molecule has 0 saturated carbocycles. The number of unbranched alkanes of at least 4 members (excludes halogenated alkanes) is 1. The third kappa shape index (κ3) is 7.74. The molecule has 13 heteroatoms. The van der Waals surface area contributed by atoms with E-state index in [0.29, 0.717) is 44.1 Å². The number of carbonyl (C=O) groups excluding carboxylic acids is 3. The molecule has 0 spiro atoms. The number of amides is 2. The molecule has 1 fully saturated rings. The second-order valence-electron chi connectivity index (χ2n) is 9.13. The number of aryl methyl sites for hydroxylation is 1. The molecule has 35 heavy (non-hydrogen) atoms. The monoisotopic (exact) mass is 512 g/mol. The van der Waals surface area contributed by atoms with Gasteiger partial charge >= 0.3 is 11.9 Å². The standard InChI is InChI=1S/C22H36N6O6S/c1-3-4-14-35(32,33)26-16(2)22(31)34-25-20(29)18-15-19-21(30)27(11-5-12-28(19)24-18)13-8-17-6-9-23-10-7-17/h15-17,23,26H,3-14H2,1-2H3,(H,25,29). The number of sulfonamides is 1. The van der Waals surface area contributed by atoms with Gasteiger partial charge in [-0.25, -0.2) is 17.9 Å². The molecular formula is C22H36N6O6S. The minimum Gasteiger partial charge on any atom is -0.339 e. The zero-order valence-corrected chi connectivity index (χ0v) is 21.2. The number of nitrogens with one attached hydrogen (secondary N) is 3. The Balaban J connectivity index is 1.54. The maximum Gasteiger partial charge on any atom is 0.349 e. The number of piperidine rings is 1. The van der Waals surface area contributed by atoms with Gasteiger partial charge in [-0.05, 0) is 58.0 Å². The van der Waals surface area contributed by atoms with Gasteiger partial charge in [0.15, 0.2) is 5.69 Å². The summed E-state index contributed by atoms with van der Waals surface area (Å²) in [7, 11) is -3.63. The van der Waals surface area contributed by atoms with Gasteiger partial charge in [-0.2, -0.15) is 10.6 Å². The van der Waals surface area contributed by atoms with Gasteiger partial charge in [-0.15, -0.1) is 0 Å². The molecule has 2 aliphatic heterocycles. The third-order valence-corrected chi connectivity index (χ3v) is 7.84. The molecule has 3 N–H and O–H groups in total.